The van der Waals surface area contributed by atoms with Gasteiger partial charge in [-0.2, -0.15) is 0 Å². The first-order valence-corrected chi connectivity index (χ1v) is 20.3. The maximum absolute atomic E-state index is 6.06. The number of ether oxygens (including phenoxy) is 5. The predicted molar refractivity (Wildman–Crippen MR) is 171 cm³/mol. The second-order valence-corrected chi connectivity index (χ2v) is 14.8. The van der Waals surface area contributed by atoms with Crippen molar-refractivity contribution in [2.75, 3.05) is 119 Å². The van der Waals surface area contributed by atoms with Crippen LogP contribution in [0, 0.1) is 0 Å². The zero-order valence-corrected chi connectivity index (χ0v) is 30.5. The number of hydrogen-bond acceptors (Lipinski definition) is 12. The molecule has 12 nitrogen and oxygen atoms in total. The molecule has 0 fully saturated rings. The third-order valence-corrected chi connectivity index (χ3v) is 12.4. The topological polar surface area (TPSA) is 105 Å². The van der Waals surface area contributed by atoms with Gasteiger partial charge in [0.05, 0.1) is 46.2 Å². The minimum Gasteiger partial charge on any atom is -0.378 e. The molecule has 0 aliphatic carbocycles. The van der Waals surface area contributed by atoms with Gasteiger partial charge in [-0.25, -0.2) is 0 Å². The molecule has 0 aromatic carbocycles. The number of rotatable bonds is 35. The summed E-state index contributed by atoms with van der Waals surface area (Å²) in [5.41, 5.74) is 0. The fourth-order valence-corrected chi connectivity index (χ4v) is 9.62. The lowest BCUT2D eigenvalue weighted by Gasteiger charge is -2.31. The van der Waals surface area contributed by atoms with Crippen molar-refractivity contribution in [3.8, 4) is 0 Å². The van der Waals surface area contributed by atoms with Gasteiger partial charge in [0.2, 0.25) is 0 Å². The zero-order chi connectivity index (χ0) is 31.9. The van der Waals surface area contributed by atoms with Crippen molar-refractivity contribution in [2.24, 2.45) is 0 Å². The molecule has 0 aliphatic heterocycles. The molecule has 0 aromatic rings. The van der Waals surface area contributed by atoms with E-state index in [2.05, 4.69) is 4.90 Å². The Labute approximate surface area is 264 Å². The molecule has 0 saturated heterocycles. The van der Waals surface area contributed by atoms with E-state index in [-0.39, 0.29) is 0 Å². The molecule has 0 spiro atoms. The van der Waals surface area contributed by atoms with Gasteiger partial charge < -0.3 is 55.1 Å². The first-order valence-electron chi connectivity index (χ1n) is 16.4. The van der Waals surface area contributed by atoms with Crippen LogP contribution in [0.5, 0.6) is 0 Å². The summed E-state index contributed by atoms with van der Waals surface area (Å²) >= 11 is 0. The first-order chi connectivity index (χ1) is 21.0. The van der Waals surface area contributed by atoms with Crippen molar-refractivity contribution < 1.29 is 50.2 Å². The summed E-state index contributed by atoms with van der Waals surface area (Å²) in [7, 11) is -5.36. The van der Waals surface area contributed by atoms with Gasteiger partial charge in [0.25, 0.3) is 0 Å². The monoisotopic (exact) mass is 659 g/mol. The van der Waals surface area contributed by atoms with Crippen molar-refractivity contribution in [1.29, 1.82) is 0 Å². The highest BCUT2D eigenvalue weighted by Gasteiger charge is 2.41. The maximum Gasteiger partial charge on any atom is 0.500 e. The third-order valence-electron chi connectivity index (χ3n) is 6.14. The van der Waals surface area contributed by atoms with Crippen LogP contribution in [0.4, 0.5) is 0 Å². The Morgan fingerprint density at radius 2 is 0.721 bits per heavy atom. The summed E-state index contributed by atoms with van der Waals surface area (Å²) < 4.78 is 63.7. The summed E-state index contributed by atoms with van der Waals surface area (Å²) in [5, 5.41) is 0. The van der Waals surface area contributed by atoms with Gasteiger partial charge in [-0.05, 0) is 74.4 Å². The van der Waals surface area contributed by atoms with E-state index in [4.69, 9.17) is 50.2 Å². The summed E-state index contributed by atoms with van der Waals surface area (Å²) in [6.45, 7) is 24.7. The molecule has 0 unspecified atom stereocenters. The van der Waals surface area contributed by atoms with Gasteiger partial charge in [-0.15, -0.1) is 0 Å². The largest absolute Gasteiger partial charge is 0.500 e. The van der Waals surface area contributed by atoms with Gasteiger partial charge in [0, 0.05) is 64.9 Å². The van der Waals surface area contributed by atoms with E-state index in [0.717, 1.165) is 44.6 Å². The van der Waals surface area contributed by atoms with Crippen molar-refractivity contribution in [2.45, 2.75) is 73.4 Å². The second-order valence-electron chi connectivity index (χ2n) is 9.37. The van der Waals surface area contributed by atoms with Crippen LogP contribution in [0.15, 0.2) is 0 Å². The highest BCUT2D eigenvalue weighted by Crippen LogP contribution is 2.21. The lowest BCUT2D eigenvalue weighted by molar-refractivity contribution is -0.0698. The molecule has 0 N–H and O–H groups in total. The standard InChI is InChI=1S/C29H65NO11Si2/c1-8-31-29-35-26-25-34-24-23-33-22-21-32-20-19-30(17-15-27-42(36-9-2,37-10-3)38-11-4)18-16-28-43(39-12-5,40-13-6)41-14-7/h8-29H2,1-7H3. The van der Waals surface area contributed by atoms with Gasteiger partial charge >= 0.3 is 17.6 Å². The van der Waals surface area contributed by atoms with Gasteiger partial charge in [-0.3, -0.25) is 0 Å². The van der Waals surface area contributed by atoms with Crippen LogP contribution >= 0.6 is 0 Å². The van der Waals surface area contributed by atoms with E-state index in [1.807, 2.05) is 48.5 Å². The predicted octanol–water partition coefficient (Wildman–Crippen LogP) is 4.23. The highest BCUT2D eigenvalue weighted by atomic mass is 28.4. The summed E-state index contributed by atoms with van der Waals surface area (Å²) in [6, 6.07) is 1.56. The minimum absolute atomic E-state index is 0.303. The molecule has 14 heteroatoms. The molecule has 0 aliphatic rings. The molecule has 0 aromatic heterocycles. The Morgan fingerprint density at radius 1 is 0.372 bits per heavy atom. The number of hydrogen-bond donors (Lipinski definition) is 0. The SMILES string of the molecule is CCOCOCCOCCOCCOCCN(CCC[Si](OCC)(OCC)OCC)CCC[Si](OCC)(OCC)OCC. The zero-order valence-electron chi connectivity index (χ0n) is 28.5. The van der Waals surface area contributed by atoms with Crippen LogP contribution in [-0.4, -0.2) is 141 Å². The molecule has 0 heterocycles. The summed E-state index contributed by atoms with van der Waals surface area (Å²) in [6.07, 6.45) is 1.83. The fraction of sp³-hybridized carbons (Fsp3) is 1.00. The third kappa shape index (κ3) is 23.0. The maximum atomic E-state index is 6.06. The van der Waals surface area contributed by atoms with Crippen molar-refractivity contribution >= 4 is 17.6 Å². The Hall–Kier alpha value is -0.0462. The Bertz CT molecular complexity index is 519. The molecule has 0 saturated carbocycles. The summed E-state index contributed by atoms with van der Waals surface area (Å²) in [5.74, 6) is 0. The molecule has 0 bridgehead atoms. The lowest BCUT2D eigenvalue weighted by Crippen LogP contribution is -2.47. The average molecular weight is 660 g/mol. The molecule has 260 valence electrons. The Morgan fingerprint density at radius 3 is 1.07 bits per heavy atom. The quantitative estimate of drug-likeness (QED) is 0.0553. The van der Waals surface area contributed by atoms with Crippen LogP contribution in [0.3, 0.4) is 0 Å². The van der Waals surface area contributed by atoms with Gasteiger partial charge in [-0.1, -0.05) is 0 Å². The molecule has 0 radical (unpaired) electrons. The van der Waals surface area contributed by atoms with Crippen molar-refractivity contribution in [3.05, 3.63) is 0 Å². The Balaban J connectivity index is 4.71. The van der Waals surface area contributed by atoms with Crippen LogP contribution in [0.25, 0.3) is 0 Å². The lowest BCUT2D eigenvalue weighted by atomic mass is 10.3. The van der Waals surface area contributed by atoms with E-state index in [1.165, 1.54) is 0 Å². The van der Waals surface area contributed by atoms with Crippen LogP contribution < -0.4 is 0 Å². The minimum atomic E-state index is -2.68. The molecular formula is C29H65NO11Si2. The van der Waals surface area contributed by atoms with E-state index in [0.29, 0.717) is 99.3 Å². The van der Waals surface area contributed by atoms with Crippen molar-refractivity contribution in [1.82, 2.24) is 4.90 Å². The van der Waals surface area contributed by atoms with E-state index < -0.39 is 17.6 Å². The first kappa shape index (κ1) is 43.0. The van der Waals surface area contributed by atoms with Gasteiger partial charge in [0.15, 0.2) is 0 Å². The smallest absolute Gasteiger partial charge is 0.378 e. The van der Waals surface area contributed by atoms with Crippen LogP contribution in [0.1, 0.15) is 61.3 Å². The Kier molecular flexibility index (Phi) is 30.6. The fourth-order valence-electron chi connectivity index (χ4n) is 4.43. The van der Waals surface area contributed by atoms with Crippen LogP contribution in [0.2, 0.25) is 12.1 Å². The second kappa shape index (κ2) is 30.6. The number of nitrogens with zero attached hydrogens (tertiary/aromatic N) is 1. The molecular weight excluding hydrogens is 594 g/mol. The van der Waals surface area contributed by atoms with Crippen LogP contribution in [-0.2, 0) is 50.2 Å². The normalized spacial score (nSPS) is 12.6. The molecule has 0 rings (SSSR count). The van der Waals surface area contributed by atoms with E-state index >= 15 is 0 Å². The average Bonchev–Trinajstić information content (AvgIpc) is 2.98. The van der Waals surface area contributed by atoms with Gasteiger partial charge in [0.1, 0.15) is 6.79 Å². The summed E-state index contributed by atoms with van der Waals surface area (Å²) in [4.78, 5) is 2.42. The van der Waals surface area contributed by atoms with E-state index in [1.54, 1.807) is 0 Å². The highest BCUT2D eigenvalue weighted by molar-refractivity contribution is 6.61. The molecule has 0 amide bonds. The van der Waals surface area contributed by atoms with E-state index in [9.17, 15) is 0 Å². The molecule has 0 atom stereocenters. The van der Waals surface area contributed by atoms with Crippen molar-refractivity contribution in [3.63, 3.8) is 0 Å². The molecule has 43 heavy (non-hydrogen) atoms.